The zero-order valence-electron chi connectivity index (χ0n) is 9.06. The topological polar surface area (TPSA) is 51.2 Å². The molecular weight excluding hydrogens is 242 g/mol. The Morgan fingerprint density at radius 1 is 1.11 bits per heavy atom. The molecule has 18 heavy (non-hydrogen) atoms. The van der Waals surface area contributed by atoms with Crippen LogP contribution in [0.3, 0.4) is 0 Å². The van der Waals surface area contributed by atoms with Gasteiger partial charge in [-0.05, 0) is 12.1 Å². The second-order valence-corrected chi connectivity index (χ2v) is 3.31. The Morgan fingerprint density at radius 3 is 2.33 bits per heavy atom. The van der Waals surface area contributed by atoms with Gasteiger partial charge in [-0.15, -0.1) is 0 Å². The summed E-state index contributed by atoms with van der Waals surface area (Å²) in [6, 6.07) is 8.15. The first-order valence-electron chi connectivity index (χ1n) is 4.99. The summed E-state index contributed by atoms with van der Waals surface area (Å²) in [6.45, 7) is 0. The van der Waals surface area contributed by atoms with Crippen molar-refractivity contribution in [3.8, 4) is 5.75 Å². The van der Waals surface area contributed by atoms with Crippen LogP contribution in [-0.4, -0.2) is 11.1 Å². The molecule has 1 aromatic heterocycles. The van der Waals surface area contributed by atoms with Crippen molar-refractivity contribution in [2.75, 3.05) is 5.32 Å². The van der Waals surface area contributed by atoms with Crippen molar-refractivity contribution in [3.05, 3.63) is 54.4 Å². The molecule has 1 N–H and O–H groups in total. The summed E-state index contributed by atoms with van der Waals surface area (Å²) in [5, 5.41) is 1.98. The minimum atomic E-state index is -0.981. The van der Waals surface area contributed by atoms with Crippen LogP contribution in [0.15, 0.2) is 42.7 Å². The molecule has 0 radical (unpaired) electrons. The van der Waals surface area contributed by atoms with Gasteiger partial charge in [0.05, 0.1) is 12.4 Å². The highest BCUT2D eigenvalue weighted by Crippen LogP contribution is 2.17. The van der Waals surface area contributed by atoms with Crippen LogP contribution in [-0.2, 0) is 0 Å². The Labute approximate surface area is 101 Å². The molecule has 0 saturated heterocycles. The summed E-state index contributed by atoms with van der Waals surface area (Å²) >= 11 is 0. The number of ether oxygens (including phenoxy) is 1. The normalized spacial score (nSPS) is 9.89. The second kappa shape index (κ2) is 5.22. The number of halogens is 2. The molecule has 6 heteroatoms. The van der Waals surface area contributed by atoms with Gasteiger partial charge in [-0.25, -0.2) is 13.6 Å². The lowest BCUT2D eigenvalue weighted by Crippen LogP contribution is -2.18. The van der Waals surface area contributed by atoms with Gasteiger partial charge < -0.3 is 4.74 Å². The van der Waals surface area contributed by atoms with Crippen LogP contribution in [0.25, 0.3) is 0 Å². The third kappa shape index (κ3) is 2.79. The van der Waals surface area contributed by atoms with Crippen LogP contribution in [0, 0.1) is 11.6 Å². The van der Waals surface area contributed by atoms with Gasteiger partial charge in [0.1, 0.15) is 11.4 Å². The highest BCUT2D eigenvalue weighted by atomic mass is 19.1. The number of aromatic nitrogens is 1. The van der Waals surface area contributed by atoms with E-state index in [0.29, 0.717) is 0 Å². The molecule has 0 saturated carbocycles. The van der Waals surface area contributed by atoms with Crippen molar-refractivity contribution in [3.63, 3.8) is 0 Å². The number of anilines is 1. The molecule has 1 heterocycles. The molecule has 4 nitrogen and oxygen atoms in total. The van der Waals surface area contributed by atoms with Crippen LogP contribution < -0.4 is 10.1 Å². The maximum absolute atomic E-state index is 13.2. The Hall–Kier alpha value is -2.50. The fourth-order valence-electron chi connectivity index (χ4n) is 1.25. The number of carbonyl (C=O) groups is 1. The van der Waals surface area contributed by atoms with Crippen LogP contribution in [0.2, 0.25) is 0 Å². The lowest BCUT2D eigenvalue weighted by atomic mass is 10.3. The maximum Gasteiger partial charge on any atom is 0.417 e. The molecule has 2 rings (SSSR count). The second-order valence-electron chi connectivity index (χ2n) is 3.31. The first-order chi connectivity index (χ1) is 8.66. The average Bonchev–Trinajstić information content (AvgIpc) is 2.35. The van der Waals surface area contributed by atoms with E-state index in [1.165, 1.54) is 0 Å². The Kier molecular flexibility index (Phi) is 3.47. The fourth-order valence-corrected chi connectivity index (χ4v) is 1.25. The van der Waals surface area contributed by atoms with Crippen molar-refractivity contribution in [1.82, 2.24) is 4.98 Å². The number of para-hydroxylation sites is 1. The molecule has 0 spiro atoms. The van der Waals surface area contributed by atoms with E-state index in [9.17, 15) is 13.6 Å². The molecule has 0 unspecified atom stereocenters. The molecule has 0 aliphatic carbocycles. The number of amides is 1. The molecule has 1 aromatic carbocycles. The van der Waals surface area contributed by atoms with Gasteiger partial charge in [0.2, 0.25) is 0 Å². The lowest BCUT2D eigenvalue weighted by molar-refractivity contribution is 0.215. The van der Waals surface area contributed by atoms with Crippen molar-refractivity contribution in [2.24, 2.45) is 0 Å². The van der Waals surface area contributed by atoms with Crippen LogP contribution in [0.4, 0.5) is 19.3 Å². The minimum Gasteiger partial charge on any atom is -0.410 e. The maximum atomic E-state index is 13.2. The number of carbonyl (C=O) groups excluding carboxylic acids is 1. The SMILES string of the molecule is O=C(Nc1c(F)cncc1F)Oc1ccccc1. The molecular formula is C12H8F2N2O2. The zero-order valence-corrected chi connectivity index (χ0v) is 9.06. The van der Waals surface area contributed by atoms with Crippen LogP contribution in [0.5, 0.6) is 5.75 Å². The Bertz CT molecular complexity index is 541. The summed E-state index contributed by atoms with van der Waals surface area (Å²) in [5.74, 6) is -1.68. The number of nitrogens with one attached hydrogen (secondary N) is 1. The van der Waals surface area contributed by atoms with E-state index >= 15 is 0 Å². The van der Waals surface area contributed by atoms with Crippen molar-refractivity contribution < 1.29 is 18.3 Å². The smallest absolute Gasteiger partial charge is 0.410 e. The first-order valence-corrected chi connectivity index (χ1v) is 4.99. The molecule has 0 bridgehead atoms. The molecule has 0 aliphatic heterocycles. The largest absolute Gasteiger partial charge is 0.417 e. The summed E-state index contributed by atoms with van der Waals surface area (Å²) in [4.78, 5) is 14.7. The third-order valence-corrected chi connectivity index (χ3v) is 2.03. The fraction of sp³-hybridized carbons (Fsp3) is 0. The van der Waals surface area contributed by atoms with Gasteiger partial charge in [0.25, 0.3) is 0 Å². The standard InChI is InChI=1S/C12H8F2N2O2/c13-9-6-15-7-10(14)11(9)16-12(17)18-8-4-2-1-3-5-8/h1-7H,(H,15,16,17). The van der Waals surface area contributed by atoms with E-state index in [2.05, 4.69) is 4.98 Å². The highest BCUT2D eigenvalue weighted by molar-refractivity contribution is 5.86. The van der Waals surface area contributed by atoms with Gasteiger partial charge >= 0.3 is 6.09 Å². The van der Waals surface area contributed by atoms with Crippen LogP contribution in [0.1, 0.15) is 0 Å². The number of benzene rings is 1. The van der Waals surface area contributed by atoms with E-state index in [1.54, 1.807) is 30.3 Å². The summed E-state index contributed by atoms with van der Waals surface area (Å²) < 4.78 is 31.2. The molecule has 92 valence electrons. The van der Waals surface area contributed by atoms with Crippen molar-refractivity contribution in [2.45, 2.75) is 0 Å². The molecule has 2 aromatic rings. The summed E-state index contributed by atoms with van der Waals surface area (Å²) in [5.41, 5.74) is -0.592. The Morgan fingerprint density at radius 2 is 1.72 bits per heavy atom. The average molecular weight is 250 g/mol. The first kappa shape index (κ1) is 12.0. The molecule has 0 fully saturated rings. The lowest BCUT2D eigenvalue weighted by Gasteiger charge is -2.07. The summed E-state index contributed by atoms with van der Waals surface area (Å²) in [7, 11) is 0. The number of hydrogen-bond donors (Lipinski definition) is 1. The number of rotatable bonds is 2. The predicted octanol–water partition coefficient (Wildman–Crippen LogP) is 2.97. The van der Waals surface area contributed by atoms with Crippen molar-refractivity contribution >= 4 is 11.8 Å². The Balaban J connectivity index is 2.08. The number of hydrogen-bond acceptors (Lipinski definition) is 3. The van der Waals surface area contributed by atoms with E-state index in [1.807, 2.05) is 5.32 Å². The van der Waals surface area contributed by atoms with E-state index in [0.717, 1.165) is 12.4 Å². The van der Waals surface area contributed by atoms with Gasteiger partial charge in [-0.1, -0.05) is 18.2 Å². The predicted molar refractivity (Wildman–Crippen MR) is 60.2 cm³/mol. The van der Waals surface area contributed by atoms with Crippen LogP contribution >= 0.6 is 0 Å². The number of nitrogens with zero attached hydrogens (tertiary/aromatic N) is 1. The molecule has 1 amide bonds. The quantitative estimate of drug-likeness (QED) is 0.891. The van der Waals surface area contributed by atoms with Gasteiger partial charge in [-0.3, -0.25) is 10.3 Å². The third-order valence-electron chi connectivity index (χ3n) is 2.03. The summed E-state index contributed by atoms with van der Waals surface area (Å²) in [6.07, 6.45) is 0.604. The minimum absolute atomic E-state index is 0.268. The number of pyridine rings is 1. The molecule has 0 aliphatic rings. The highest BCUT2D eigenvalue weighted by Gasteiger charge is 2.13. The monoisotopic (exact) mass is 250 g/mol. The zero-order chi connectivity index (χ0) is 13.0. The van der Waals surface area contributed by atoms with Gasteiger partial charge in [-0.2, -0.15) is 0 Å². The molecule has 0 atom stereocenters. The van der Waals surface area contributed by atoms with Gasteiger partial charge in [0, 0.05) is 0 Å². The van der Waals surface area contributed by atoms with Crippen molar-refractivity contribution in [1.29, 1.82) is 0 Å². The van der Waals surface area contributed by atoms with E-state index in [4.69, 9.17) is 4.74 Å². The van der Waals surface area contributed by atoms with E-state index < -0.39 is 23.4 Å². The van der Waals surface area contributed by atoms with Gasteiger partial charge in [0.15, 0.2) is 11.6 Å². The van der Waals surface area contributed by atoms with E-state index in [-0.39, 0.29) is 5.75 Å².